The van der Waals surface area contributed by atoms with Gasteiger partial charge in [-0.05, 0) is 69.8 Å². The minimum absolute atomic E-state index is 0.00542. The summed E-state index contributed by atoms with van der Waals surface area (Å²) >= 11 is 1.41. The second-order valence-electron chi connectivity index (χ2n) is 16.1. The van der Waals surface area contributed by atoms with Crippen LogP contribution in [0.3, 0.4) is 0 Å². The lowest BCUT2D eigenvalue weighted by atomic mass is 9.98. The predicted octanol–water partition coefficient (Wildman–Crippen LogP) is -4.80. The van der Waals surface area contributed by atoms with E-state index in [9.17, 15) is 63.0 Å². The number of amides is 9. The zero-order valence-electron chi connectivity index (χ0n) is 38.4. The highest BCUT2D eigenvalue weighted by Crippen LogP contribution is 2.11. The van der Waals surface area contributed by atoms with Crippen LogP contribution >= 0.6 is 11.8 Å². The molecule has 0 aromatic rings. The van der Waals surface area contributed by atoms with Gasteiger partial charge in [0.25, 0.3) is 0 Å². The fourth-order valence-corrected chi connectivity index (χ4v) is 6.21. The van der Waals surface area contributed by atoms with E-state index in [4.69, 9.17) is 22.9 Å². The number of nitrogens with one attached hydrogen (secondary N) is 8. The first kappa shape index (κ1) is 59.8. The van der Waals surface area contributed by atoms with Gasteiger partial charge in [-0.2, -0.15) is 11.8 Å². The first-order valence-corrected chi connectivity index (χ1v) is 22.5. The monoisotopic (exact) mass is 959 g/mol. The first-order chi connectivity index (χ1) is 30.7. The molecule has 9 amide bonds. The topological polar surface area (TPSA) is 441 Å². The number of carboxylic acids is 2. The van der Waals surface area contributed by atoms with E-state index in [-0.39, 0.29) is 44.1 Å². The van der Waals surface area contributed by atoms with E-state index in [0.717, 1.165) is 6.92 Å². The molecule has 0 radical (unpaired) electrons. The number of rotatable bonds is 32. The Morgan fingerprint density at radius 2 is 1.12 bits per heavy atom. The smallest absolute Gasteiger partial charge is 0.325 e. The van der Waals surface area contributed by atoms with Gasteiger partial charge in [0.15, 0.2) is 5.96 Å². The second-order valence-corrected chi connectivity index (χ2v) is 17.1. The Labute approximate surface area is 387 Å². The average Bonchev–Trinajstić information content (AvgIpc) is 3.21. The lowest BCUT2D eigenvalue weighted by Crippen LogP contribution is -2.60. The van der Waals surface area contributed by atoms with E-state index in [1.165, 1.54) is 18.7 Å². The fourth-order valence-electron chi connectivity index (χ4n) is 5.74. The standard InChI is InChI=1S/C39H69N13O13S/c1-18(2)15-25(36(62)52-30(19(3)4)37(63)50-23(10-11-29(55)56)33(59)46-21(6)38(64)65)51-34(60)22(9-8-13-44-39(42)43)49-35(61)26(16-27(41)53)47-28(54)17-45-32(58)24(12-14-66-7)48-31(57)20(5)40/h18-26,30H,8-17,40H2,1-7H3,(H2,41,53)(H,45,58)(H,46,59)(H,47,54)(H,48,57)(H,49,61)(H,50,63)(H,51,60)(H,52,62)(H,55,56)(H,64,65)(H4,42,43,44)/t20-,21-,22-,23-,24-,25-,26-,30-/m0/s1. The van der Waals surface area contributed by atoms with Gasteiger partial charge in [0.1, 0.15) is 42.3 Å². The molecule has 26 nitrogen and oxygen atoms in total. The van der Waals surface area contributed by atoms with Crippen molar-refractivity contribution in [1.29, 1.82) is 0 Å². The van der Waals surface area contributed by atoms with Crippen LogP contribution in [0.2, 0.25) is 0 Å². The molecule has 0 spiro atoms. The molecule has 0 aromatic heterocycles. The molecule has 27 heteroatoms. The van der Waals surface area contributed by atoms with Crippen LogP contribution in [-0.2, 0) is 52.7 Å². The van der Waals surface area contributed by atoms with Crippen LogP contribution in [0.4, 0.5) is 0 Å². The number of carbonyl (C=O) groups excluding carboxylic acids is 9. The van der Waals surface area contributed by atoms with Crippen LogP contribution < -0.4 is 65.5 Å². The van der Waals surface area contributed by atoms with Gasteiger partial charge in [-0.15, -0.1) is 0 Å². The van der Waals surface area contributed by atoms with E-state index in [0.29, 0.717) is 5.75 Å². The summed E-state index contributed by atoms with van der Waals surface area (Å²) in [5.41, 5.74) is 21.8. The third-order valence-corrected chi connectivity index (χ3v) is 9.96. The number of guanidine groups is 1. The Hall–Kier alpha value is -6.25. The molecule has 374 valence electrons. The number of primary amides is 1. The molecule has 0 bridgehead atoms. The van der Waals surface area contributed by atoms with Crippen LogP contribution in [0, 0.1) is 11.8 Å². The van der Waals surface area contributed by atoms with E-state index >= 15 is 0 Å². The summed E-state index contributed by atoms with van der Waals surface area (Å²) in [4.78, 5) is 145. The molecule has 0 aromatic carbocycles. The Morgan fingerprint density at radius 1 is 0.606 bits per heavy atom. The molecule has 0 saturated heterocycles. The summed E-state index contributed by atoms with van der Waals surface area (Å²) in [6, 6.07) is -10.7. The van der Waals surface area contributed by atoms with Crippen molar-refractivity contribution in [3.05, 3.63) is 0 Å². The van der Waals surface area contributed by atoms with E-state index in [2.05, 4.69) is 47.5 Å². The summed E-state index contributed by atoms with van der Waals surface area (Å²) in [6.07, 6.45) is 0.178. The van der Waals surface area contributed by atoms with Crippen LogP contribution in [0.1, 0.15) is 86.5 Å². The minimum Gasteiger partial charge on any atom is -0.481 e. The number of carbonyl (C=O) groups is 11. The lowest BCUT2D eigenvalue weighted by molar-refractivity contribution is -0.142. The van der Waals surface area contributed by atoms with Crippen LogP contribution in [0.25, 0.3) is 0 Å². The van der Waals surface area contributed by atoms with E-state index in [1.54, 1.807) is 34.0 Å². The number of hydrogen-bond acceptors (Lipinski definition) is 14. The van der Waals surface area contributed by atoms with Gasteiger partial charge >= 0.3 is 11.9 Å². The average molecular weight is 960 g/mol. The lowest BCUT2D eigenvalue weighted by Gasteiger charge is -2.29. The van der Waals surface area contributed by atoms with Gasteiger partial charge < -0.3 is 75.7 Å². The summed E-state index contributed by atoms with van der Waals surface area (Å²) < 4.78 is 0. The van der Waals surface area contributed by atoms with Crippen LogP contribution in [0.5, 0.6) is 0 Å². The number of nitrogens with two attached hydrogens (primary N) is 4. The summed E-state index contributed by atoms with van der Waals surface area (Å²) in [5.74, 6) is -11.4. The number of carboxylic acid groups (broad SMARTS) is 2. The molecule has 66 heavy (non-hydrogen) atoms. The van der Waals surface area contributed by atoms with Crippen LogP contribution in [0.15, 0.2) is 4.99 Å². The van der Waals surface area contributed by atoms with Gasteiger partial charge in [0, 0.05) is 13.0 Å². The van der Waals surface area contributed by atoms with E-state index < -0.39 is 145 Å². The van der Waals surface area contributed by atoms with Gasteiger partial charge in [-0.3, -0.25) is 57.7 Å². The summed E-state index contributed by atoms with van der Waals surface area (Å²) in [6.45, 7) is 8.47. The van der Waals surface area contributed by atoms with Crippen molar-refractivity contribution in [3.8, 4) is 0 Å². The highest BCUT2D eigenvalue weighted by atomic mass is 32.2. The maximum atomic E-state index is 14.0. The number of aliphatic carboxylic acids is 2. The van der Waals surface area contributed by atoms with Gasteiger partial charge in [-0.25, -0.2) is 0 Å². The minimum atomic E-state index is -1.67. The Kier molecular flexibility index (Phi) is 27.9. The highest BCUT2D eigenvalue weighted by molar-refractivity contribution is 7.98. The molecule has 0 fully saturated rings. The molecule has 0 aliphatic carbocycles. The third-order valence-electron chi connectivity index (χ3n) is 9.31. The van der Waals surface area contributed by atoms with Crippen LogP contribution in [-0.4, -0.2) is 155 Å². The fraction of sp³-hybridized carbons (Fsp3) is 0.692. The summed E-state index contributed by atoms with van der Waals surface area (Å²) in [5, 5.41) is 37.7. The highest BCUT2D eigenvalue weighted by Gasteiger charge is 2.35. The van der Waals surface area contributed by atoms with Crippen molar-refractivity contribution in [2.75, 3.05) is 25.1 Å². The normalized spacial score (nSPS) is 14.6. The molecular formula is C39H69N13O13S. The van der Waals surface area contributed by atoms with Crippen molar-refractivity contribution in [1.82, 2.24) is 42.5 Å². The summed E-state index contributed by atoms with van der Waals surface area (Å²) in [7, 11) is 0. The molecule has 0 rings (SSSR count). The predicted molar refractivity (Wildman–Crippen MR) is 241 cm³/mol. The van der Waals surface area contributed by atoms with Gasteiger partial charge in [0.05, 0.1) is 19.0 Å². The van der Waals surface area contributed by atoms with Crippen molar-refractivity contribution in [2.24, 2.45) is 39.8 Å². The molecular weight excluding hydrogens is 891 g/mol. The Balaban J connectivity index is 6.44. The maximum Gasteiger partial charge on any atom is 0.325 e. The third kappa shape index (κ3) is 24.7. The van der Waals surface area contributed by atoms with Crippen molar-refractivity contribution >= 4 is 82.8 Å². The van der Waals surface area contributed by atoms with Crippen molar-refractivity contribution in [2.45, 2.75) is 135 Å². The number of aliphatic imine (C=N–C) groups is 1. The largest absolute Gasteiger partial charge is 0.481 e. The molecule has 0 saturated carbocycles. The number of nitrogens with zero attached hydrogens (tertiary/aromatic N) is 1. The Morgan fingerprint density at radius 3 is 1.64 bits per heavy atom. The SMILES string of the molecule is CSCC[C@H](NC(=O)[C@H](C)N)C(=O)NCC(=O)N[C@@H](CC(N)=O)C(=O)N[C@@H](CCCN=C(N)N)C(=O)N[C@@H](CC(C)C)C(=O)N[C@H](C(=O)N[C@@H](CCC(=O)O)C(=O)N[C@@H](C)C(=O)O)C(C)C. The molecule has 0 aliphatic heterocycles. The van der Waals surface area contributed by atoms with Crippen molar-refractivity contribution in [3.63, 3.8) is 0 Å². The molecule has 0 heterocycles. The molecule has 18 N–H and O–H groups in total. The second kappa shape index (κ2) is 30.8. The molecule has 0 unspecified atom stereocenters. The van der Waals surface area contributed by atoms with Gasteiger partial charge in [-0.1, -0.05) is 27.7 Å². The first-order valence-electron chi connectivity index (χ1n) is 21.1. The molecule has 0 aliphatic rings. The zero-order chi connectivity index (χ0) is 50.8. The Bertz CT molecular complexity index is 1740. The van der Waals surface area contributed by atoms with Gasteiger partial charge in [0.2, 0.25) is 53.2 Å². The van der Waals surface area contributed by atoms with E-state index in [1.807, 2.05) is 0 Å². The zero-order valence-corrected chi connectivity index (χ0v) is 39.2. The number of hydrogen-bond donors (Lipinski definition) is 14. The maximum absolute atomic E-state index is 14.0. The van der Waals surface area contributed by atoms with Crippen molar-refractivity contribution < 1.29 is 63.0 Å². The number of thioether (sulfide) groups is 1. The quantitative estimate of drug-likeness (QED) is 0.0171. The molecule has 8 atom stereocenters.